The minimum absolute atomic E-state index is 0.0844. The second-order valence-corrected chi connectivity index (χ2v) is 5.42. The molecule has 0 aliphatic heterocycles. The molecule has 0 radical (unpaired) electrons. The lowest BCUT2D eigenvalue weighted by molar-refractivity contribution is -0.384. The van der Waals surface area contributed by atoms with Crippen LogP contribution in [0.25, 0.3) is 0 Å². The van der Waals surface area contributed by atoms with Gasteiger partial charge in [-0.15, -0.1) is 0 Å². The van der Waals surface area contributed by atoms with Crippen molar-refractivity contribution in [3.63, 3.8) is 0 Å². The second kappa shape index (κ2) is 4.93. The summed E-state index contributed by atoms with van der Waals surface area (Å²) in [4.78, 5) is 22.5. The first-order chi connectivity index (χ1) is 9.38. The summed E-state index contributed by atoms with van der Waals surface area (Å²) in [5.74, 6) is -0.0201. The van der Waals surface area contributed by atoms with E-state index in [1.54, 1.807) is 13.0 Å². The van der Waals surface area contributed by atoms with Crippen molar-refractivity contribution in [3.05, 3.63) is 33.9 Å². The Labute approximate surface area is 116 Å². The fraction of sp³-hybridized carbons (Fsp3) is 0.429. The Balaban J connectivity index is 2.22. The highest BCUT2D eigenvalue weighted by Crippen LogP contribution is 2.45. The summed E-state index contributed by atoms with van der Waals surface area (Å²) in [5, 5.41) is 22.6. The summed E-state index contributed by atoms with van der Waals surface area (Å²) in [6.45, 7) is 3.74. The van der Waals surface area contributed by atoms with Crippen molar-refractivity contribution in [2.45, 2.75) is 26.7 Å². The van der Waals surface area contributed by atoms with E-state index in [0.29, 0.717) is 24.4 Å². The molecule has 1 saturated carbocycles. The van der Waals surface area contributed by atoms with Crippen molar-refractivity contribution < 1.29 is 9.72 Å². The van der Waals surface area contributed by atoms with E-state index < -0.39 is 10.3 Å². The molecule has 20 heavy (non-hydrogen) atoms. The monoisotopic (exact) mass is 273 g/mol. The van der Waals surface area contributed by atoms with Crippen molar-refractivity contribution in [2.24, 2.45) is 11.3 Å². The van der Waals surface area contributed by atoms with Crippen molar-refractivity contribution >= 4 is 17.3 Å². The van der Waals surface area contributed by atoms with Crippen LogP contribution in [0.3, 0.4) is 0 Å². The summed E-state index contributed by atoms with van der Waals surface area (Å²) in [7, 11) is 0. The Morgan fingerprint density at radius 2 is 2.20 bits per heavy atom. The molecule has 0 saturated heterocycles. The molecule has 1 N–H and O–H groups in total. The fourth-order valence-electron chi connectivity index (χ4n) is 2.56. The maximum atomic E-state index is 12.2. The number of nitrogens with zero attached hydrogens (tertiary/aromatic N) is 2. The molecule has 0 unspecified atom stereocenters. The van der Waals surface area contributed by atoms with E-state index in [4.69, 9.17) is 0 Å². The lowest BCUT2D eigenvalue weighted by atomic mass is 9.63. The summed E-state index contributed by atoms with van der Waals surface area (Å²) in [6, 6.07) is 6.36. The Morgan fingerprint density at radius 1 is 1.55 bits per heavy atom. The number of amides is 1. The summed E-state index contributed by atoms with van der Waals surface area (Å²) >= 11 is 0. The predicted molar refractivity (Wildman–Crippen MR) is 72.9 cm³/mol. The third kappa shape index (κ3) is 2.35. The molecule has 0 aromatic heterocycles. The third-order valence-corrected chi connectivity index (χ3v) is 3.72. The van der Waals surface area contributed by atoms with Crippen molar-refractivity contribution in [1.29, 1.82) is 5.26 Å². The van der Waals surface area contributed by atoms with Gasteiger partial charge in [-0.25, -0.2) is 0 Å². The minimum atomic E-state index is -0.990. The topological polar surface area (TPSA) is 96.0 Å². The van der Waals surface area contributed by atoms with Crippen LogP contribution in [0, 0.1) is 39.7 Å². The number of carbonyl (C=O) groups excluding carboxylic acids is 1. The van der Waals surface area contributed by atoms with Gasteiger partial charge < -0.3 is 5.32 Å². The van der Waals surface area contributed by atoms with Gasteiger partial charge in [0.25, 0.3) is 5.69 Å². The Hall–Kier alpha value is -2.42. The first-order valence-electron chi connectivity index (χ1n) is 6.36. The Morgan fingerprint density at radius 3 is 2.70 bits per heavy atom. The van der Waals surface area contributed by atoms with Gasteiger partial charge in [0.1, 0.15) is 5.41 Å². The number of nitro groups is 1. The fourth-order valence-corrected chi connectivity index (χ4v) is 2.56. The highest BCUT2D eigenvalue weighted by atomic mass is 16.6. The molecule has 1 aromatic rings. The molecule has 0 bridgehead atoms. The van der Waals surface area contributed by atoms with Crippen molar-refractivity contribution in [1.82, 2.24) is 0 Å². The number of aryl methyl sites for hydroxylation is 1. The van der Waals surface area contributed by atoms with Gasteiger partial charge in [0, 0.05) is 12.1 Å². The van der Waals surface area contributed by atoms with Crippen LogP contribution in [0.2, 0.25) is 0 Å². The molecule has 0 spiro atoms. The van der Waals surface area contributed by atoms with Crippen molar-refractivity contribution in [2.75, 3.05) is 5.32 Å². The van der Waals surface area contributed by atoms with Crippen LogP contribution >= 0.6 is 0 Å². The lowest BCUT2D eigenvalue weighted by Crippen LogP contribution is -2.45. The van der Waals surface area contributed by atoms with Crippen LogP contribution in [0.15, 0.2) is 18.2 Å². The zero-order chi connectivity index (χ0) is 14.9. The van der Waals surface area contributed by atoms with Gasteiger partial charge in [-0.2, -0.15) is 5.26 Å². The highest BCUT2D eigenvalue weighted by molar-refractivity contribution is 5.98. The number of carbonyl (C=O) groups is 1. The smallest absolute Gasteiger partial charge is 0.271 e. The maximum absolute atomic E-state index is 12.2. The third-order valence-electron chi connectivity index (χ3n) is 3.72. The van der Waals surface area contributed by atoms with E-state index in [-0.39, 0.29) is 11.6 Å². The van der Waals surface area contributed by atoms with Crippen molar-refractivity contribution in [3.8, 4) is 6.07 Å². The highest BCUT2D eigenvalue weighted by Gasteiger charge is 2.49. The maximum Gasteiger partial charge on any atom is 0.271 e. The molecule has 2 rings (SSSR count). The van der Waals surface area contributed by atoms with Gasteiger partial charge in [-0.05, 0) is 31.2 Å². The molecular formula is C14H15N3O3. The van der Waals surface area contributed by atoms with Crippen LogP contribution in [0.1, 0.15) is 25.3 Å². The quantitative estimate of drug-likeness (QED) is 0.676. The van der Waals surface area contributed by atoms with Gasteiger partial charge >= 0.3 is 0 Å². The number of nitrogens with one attached hydrogen (secondary N) is 1. The Bertz CT molecular complexity index is 613. The average Bonchev–Trinajstić information content (AvgIpc) is 2.36. The molecule has 6 heteroatoms. The van der Waals surface area contributed by atoms with E-state index in [9.17, 15) is 20.2 Å². The Kier molecular flexibility index (Phi) is 3.45. The summed E-state index contributed by atoms with van der Waals surface area (Å²) < 4.78 is 0. The molecule has 0 atom stereocenters. The second-order valence-electron chi connectivity index (χ2n) is 5.42. The SMILES string of the molecule is Cc1ccc([N+](=O)[O-])cc1NC(=O)C1(C#N)CC(C)C1. The number of nitriles is 1. The number of hydrogen-bond donors (Lipinski definition) is 1. The first kappa shape index (κ1) is 14.0. The van der Waals surface area contributed by atoms with Crippen LogP contribution in [-0.2, 0) is 4.79 Å². The normalized spacial score (nSPS) is 24.4. The molecule has 1 aromatic carbocycles. The van der Waals surface area contributed by atoms with E-state index in [0.717, 1.165) is 5.56 Å². The molecule has 104 valence electrons. The number of rotatable bonds is 3. The van der Waals surface area contributed by atoms with Gasteiger partial charge in [0.2, 0.25) is 5.91 Å². The van der Waals surface area contributed by atoms with E-state index >= 15 is 0 Å². The zero-order valence-electron chi connectivity index (χ0n) is 11.3. The lowest BCUT2D eigenvalue weighted by Gasteiger charge is -2.39. The van der Waals surface area contributed by atoms with Crippen LogP contribution in [0.4, 0.5) is 11.4 Å². The summed E-state index contributed by atoms with van der Waals surface area (Å²) in [6.07, 6.45) is 1.06. The van der Waals surface area contributed by atoms with Crippen LogP contribution in [-0.4, -0.2) is 10.8 Å². The number of hydrogen-bond acceptors (Lipinski definition) is 4. The average molecular weight is 273 g/mol. The molecule has 6 nitrogen and oxygen atoms in total. The van der Waals surface area contributed by atoms with Gasteiger partial charge in [0.05, 0.1) is 16.7 Å². The predicted octanol–water partition coefficient (Wildman–Crippen LogP) is 2.78. The summed E-state index contributed by atoms with van der Waals surface area (Å²) in [5.41, 5.74) is 0.0397. The van der Waals surface area contributed by atoms with E-state index in [2.05, 4.69) is 11.4 Å². The van der Waals surface area contributed by atoms with Crippen LogP contribution in [0.5, 0.6) is 0 Å². The molecular weight excluding hydrogens is 258 g/mol. The largest absolute Gasteiger partial charge is 0.324 e. The molecule has 1 amide bonds. The number of anilines is 1. The van der Waals surface area contributed by atoms with Gasteiger partial charge in [-0.1, -0.05) is 13.0 Å². The molecule has 0 heterocycles. The molecule has 1 aliphatic carbocycles. The molecule has 1 fully saturated rings. The minimum Gasteiger partial charge on any atom is -0.324 e. The van der Waals surface area contributed by atoms with Gasteiger partial charge in [-0.3, -0.25) is 14.9 Å². The van der Waals surface area contributed by atoms with Crippen LogP contribution < -0.4 is 5.32 Å². The number of nitro benzene ring substituents is 1. The first-order valence-corrected chi connectivity index (χ1v) is 6.36. The van der Waals surface area contributed by atoms with E-state index in [1.807, 2.05) is 6.92 Å². The standard InChI is InChI=1S/C14H15N3O3/c1-9-6-14(7-9,8-15)13(18)16-12-5-11(17(19)20)4-3-10(12)2/h3-5,9H,6-7H2,1-2H3,(H,16,18). The number of non-ortho nitro benzene ring substituents is 1. The molecule has 1 aliphatic rings. The van der Waals surface area contributed by atoms with Gasteiger partial charge in [0.15, 0.2) is 0 Å². The zero-order valence-corrected chi connectivity index (χ0v) is 11.3. The van der Waals surface area contributed by atoms with E-state index in [1.165, 1.54) is 12.1 Å². The number of benzene rings is 1.